The highest BCUT2D eigenvalue weighted by molar-refractivity contribution is 7.13. The summed E-state index contributed by atoms with van der Waals surface area (Å²) in [5.41, 5.74) is 0.352. The molecule has 6 heteroatoms. The Kier molecular flexibility index (Phi) is 6.02. The van der Waals surface area contributed by atoms with Crippen molar-refractivity contribution in [2.24, 2.45) is 0 Å². The standard InChI is InChI=1S/C15H18N2O3S/c1-2-19-14(18)13-11-21-15(17-13)16-9-6-10-20-12-7-4-3-5-8-12/h3-5,7-8,11H,2,6,9-10H2,1H3,(H,16,17). The van der Waals surface area contributed by atoms with Gasteiger partial charge in [0.05, 0.1) is 13.2 Å². The second-order valence-electron chi connectivity index (χ2n) is 4.20. The molecule has 2 rings (SSSR count). The van der Waals surface area contributed by atoms with Gasteiger partial charge in [0.1, 0.15) is 5.75 Å². The van der Waals surface area contributed by atoms with Gasteiger partial charge in [-0.05, 0) is 25.5 Å². The van der Waals surface area contributed by atoms with Crippen molar-refractivity contribution >= 4 is 22.4 Å². The smallest absolute Gasteiger partial charge is 0.357 e. The van der Waals surface area contributed by atoms with E-state index in [9.17, 15) is 4.79 Å². The Morgan fingerprint density at radius 1 is 1.33 bits per heavy atom. The molecular weight excluding hydrogens is 288 g/mol. The van der Waals surface area contributed by atoms with Crippen LogP contribution in [-0.2, 0) is 4.74 Å². The number of thiazole rings is 1. The summed E-state index contributed by atoms with van der Waals surface area (Å²) in [5.74, 6) is 0.491. The summed E-state index contributed by atoms with van der Waals surface area (Å²) in [6.07, 6.45) is 0.850. The maximum absolute atomic E-state index is 11.5. The second kappa shape index (κ2) is 8.26. The molecule has 0 aliphatic rings. The first-order valence-corrected chi connectivity index (χ1v) is 7.72. The molecule has 0 unspecified atom stereocenters. The molecule has 0 spiro atoms. The van der Waals surface area contributed by atoms with Gasteiger partial charge in [-0.3, -0.25) is 0 Å². The third-order valence-electron chi connectivity index (χ3n) is 2.60. The summed E-state index contributed by atoms with van der Waals surface area (Å²) >= 11 is 1.39. The number of aromatic nitrogens is 1. The van der Waals surface area contributed by atoms with E-state index in [2.05, 4.69) is 10.3 Å². The zero-order valence-electron chi connectivity index (χ0n) is 11.9. The lowest BCUT2D eigenvalue weighted by Gasteiger charge is -2.06. The molecule has 21 heavy (non-hydrogen) atoms. The summed E-state index contributed by atoms with van der Waals surface area (Å²) in [5, 5.41) is 5.58. The molecule has 0 aliphatic heterocycles. The second-order valence-corrected chi connectivity index (χ2v) is 5.06. The van der Waals surface area contributed by atoms with E-state index in [1.54, 1.807) is 12.3 Å². The van der Waals surface area contributed by atoms with Crippen LogP contribution in [0.2, 0.25) is 0 Å². The monoisotopic (exact) mass is 306 g/mol. The summed E-state index contributed by atoms with van der Waals surface area (Å²) in [6.45, 7) is 3.50. The molecular formula is C15H18N2O3S. The molecule has 0 saturated carbocycles. The zero-order valence-corrected chi connectivity index (χ0v) is 12.7. The van der Waals surface area contributed by atoms with Crippen LogP contribution in [0.1, 0.15) is 23.8 Å². The van der Waals surface area contributed by atoms with Gasteiger partial charge in [-0.1, -0.05) is 18.2 Å². The lowest BCUT2D eigenvalue weighted by atomic mass is 10.3. The normalized spacial score (nSPS) is 10.1. The van der Waals surface area contributed by atoms with Crippen molar-refractivity contribution in [3.8, 4) is 5.75 Å². The van der Waals surface area contributed by atoms with Crippen LogP contribution in [0.3, 0.4) is 0 Å². The molecule has 5 nitrogen and oxygen atoms in total. The Morgan fingerprint density at radius 2 is 2.14 bits per heavy atom. The number of benzene rings is 1. The average Bonchev–Trinajstić information content (AvgIpc) is 2.97. The van der Waals surface area contributed by atoms with Gasteiger partial charge >= 0.3 is 5.97 Å². The number of anilines is 1. The van der Waals surface area contributed by atoms with Gasteiger partial charge < -0.3 is 14.8 Å². The quantitative estimate of drug-likeness (QED) is 0.599. The van der Waals surface area contributed by atoms with Crippen LogP contribution in [0.5, 0.6) is 5.75 Å². The molecule has 112 valence electrons. The fraction of sp³-hybridized carbons (Fsp3) is 0.333. The van der Waals surface area contributed by atoms with E-state index in [-0.39, 0.29) is 5.97 Å². The summed E-state index contributed by atoms with van der Waals surface area (Å²) in [7, 11) is 0. The van der Waals surface area contributed by atoms with Crippen LogP contribution in [0.15, 0.2) is 35.7 Å². The highest BCUT2D eigenvalue weighted by Crippen LogP contribution is 2.16. The number of para-hydroxylation sites is 1. The van der Waals surface area contributed by atoms with E-state index in [0.29, 0.717) is 18.9 Å². The van der Waals surface area contributed by atoms with E-state index >= 15 is 0 Å². The number of hydrogen-bond acceptors (Lipinski definition) is 6. The van der Waals surface area contributed by atoms with Crippen LogP contribution in [0.25, 0.3) is 0 Å². The van der Waals surface area contributed by atoms with Crippen molar-refractivity contribution in [2.75, 3.05) is 25.1 Å². The molecule has 0 bridgehead atoms. The predicted octanol–water partition coefficient (Wildman–Crippen LogP) is 3.20. The summed E-state index contributed by atoms with van der Waals surface area (Å²) in [4.78, 5) is 15.6. The SMILES string of the molecule is CCOC(=O)c1csc(NCCCOc2ccccc2)n1. The first kappa shape index (κ1) is 15.3. The van der Waals surface area contributed by atoms with Gasteiger partial charge in [0, 0.05) is 11.9 Å². The molecule has 0 fully saturated rings. The Morgan fingerprint density at radius 3 is 2.90 bits per heavy atom. The van der Waals surface area contributed by atoms with Gasteiger partial charge in [0.2, 0.25) is 0 Å². The van der Waals surface area contributed by atoms with Gasteiger partial charge in [-0.2, -0.15) is 0 Å². The number of hydrogen-bond donors (Lipinski definition) is 1. The Bertz CT molecular complexity index is 557. The number of carbonyl (C=O) groups is 1. The molecule has 1 aromatic carbocycles. The molecule has 0 amide bonds. The van der Waals surface area contributed by atoms with Crippen molar-refractivity contribution in [1.82, 2.24) is 4.98 Å². The van der Waals surface area contributed by atoms with Gasteiger partial charge in [-0.15, -0.1) is 11.3 Å². The minimum Gasteiger partial charge on any atom is -0.494 e. The first-order valence-electron chi connectivity index (χ1n) is 6.84. The maximum Gasteiger partial charge on any atom is 0.357 e. The van der Waals surface area contributed by atoms with Crippen molar-refractivity contribution in [2.45, 2.75) is 13.3 Å². The van der Waals surface area contributed by atoms with Gasteiger partial charge in [-0.25, -0.2) is 9.78 Å². The topological polar surface area (TPSA) is 60.5 Å². The fourth-order valence-corrected chi connectivity index (χ4v) is 2.34. The third kappa shape index (κ3) is 5.07. The molecule has 0 aliphatic carbocycles. The third-order valence-corrected chi connectivity index (χ3v) is 3.40. The average molecular weight is 306 g/mol. The van der Waals surface area contributed by atoms with E-state index in [1.165, 1.54) is 11.3 Å². The van der Waals surface area contributed by atoms with Crippen molar-refractivity contribution in [1.29, 1.82) is 0 Å². The number of rotatable bonds is 8. The van der Waals surface area contributed by atoms with Crippen LogP contribution in [-0.4, -0.2) is 30.7 Å². The van der Waals surface area contributed by atoms with E-state index in [0.717, 1.165) is 23.8 Å². The van der Waals surface area contributed by atoms with Crippen LogP contribution < -0.4 is 10.1 Å². The Balaban J connectivity index is 1.66. The molecule has 2 aromatic rings. The van der Waals surface area contributed by atoms with E-state index in [4.69, 9.17) is 9.47 Å². The molecule has 1 aromatic heterocycles. The van der Waals surface area contributed by atoms with E-state index < -0.39 is 0 Å². The minimum absolute atomic E-state index is 0.352. The largest absolute Gasteiger partial charge is 0.494 e. The summed E-state index contributed by atoms with van der Waals surface area (Å²) < 4.78 is 10.5. The summed E-state index contributed by atoms with van der Waals surface area (Å²) in [6, 6.07) is 9.71. The molecule has 0 radical (unpaired) electrons. The van der Waals surface area contributed by atoms with Crippen molar-refractivity contribution in [3.05, 3.63) is 41.4 Å². The fourth-order valence-electron chi connectivity index (χ4n) is 1.63. The number of nitrogens with zero attached hydrogens (tertiary/aromatic N) is 1. The van der Waals surface area contributed by atoms with Crippen molar-refractivity contribution in [3.63, 3.8) is 0 Å². The number of carbonyl (C=O) groups excluding carboxylic acids is 1. The molecule has 1 heterocycles. The number of esters is 1. The lowest BCUT2D eigenvalue weighted by molar-refractivity contribution is 0.0520. The van der Waals surface area contributed by atoms with Gasteiger partial charge in [0.25, 0.3) is 0 Å². The minimum atomic E-state index is -0.380. The van der Waals surface area contributed by atoms with Crippen LogP contribution in [0, 0.1) is 0 Å². The molecule has 0 saturated heterocycles. The van der Waals surface area contributed by atoms with E-state index in [1.807, 2.05) is 30.3 Å². The van der Waals surface area contributed by atoms with Crippen LogP contribution >= 0.6 is 11.3 Å². The first-order chi connectivity index (χ1) is 10.3. The molecule has 1 N–H and O–H groups in total. The van der Waals surface area contributed by atoms with Crippen LogP contribution in [0.4, 0.5) is 5.13 Å². The number of nitrogens with one attached hydrogen (secondary N) is 1. The Hall–Kier alpha value is -2.08. The zero-order chi connectivity index (χ0) is 14.9. The maximum atomic E-state index is 11.5. The number of ether oxygens (including phenoxy) is 2. The highest BCUT2D eigenvalue weighted by atomic mass is 32.1. The molecule has 0 atom stereocenters. The Labute approximate surface area is 127 Å². The van der Waals surface area contributed by atoms with Gasteiger partial charge in [0.15, 0.2) is 10.8 Å². The lowest BCUT2D eigenvalue weighted by Crippen LogP contribution is -2.08. The predicted molar refractivity (Wildman–Crippen MR) is 83.1 cm³/mol. The van der Waals surface area contributed by atoms with Crippen molar-refractivity contribution < 1.29 is 14.3 Å². The highest BCUT2D eigenvalue weighted by Gasteiger charge is 2.10.